The molecule has 0 spiro atoms. The Morgan fingerprint density at radius 3 is 2.45 bits per heavy atom. The van der Waals surface area contributed by atoms with Crippen LogP contribution in [-0.2, 0) is 22.6 Å². The van der Waals surface area contributed by atoms with E-state index >= 15 is 0 Å². The third-order valence-electron chi connectivity index (χ3n) is 6.66. The van der Waals surface area contributed by atoms with Gasteiger partial charge in [0.1, 0.15) is 6.04 Å². The van der Waals surface area contributed by atoms with Gasteiger partial charge in [-0.25, -0.2) is 0 Å². The summed E-state index contributed by atoms with van der Waals surface area (Å²) in [6.07, 6.45) is 6.49. The number of ether oxygens (including phenoxy) is 2. The van der Waals surface area contributed by atoms with Crippen LogP contribution in [0.1, 0.15) is 62.1 Å². The molecule has 2 aliphatic rings. The minimum absolute atomic E-state index is 0.0282. The first kappa shape index (κ1) is 23.1. The molecule has 176 valence electrons. The van der Waals surface area contributed by atoms with Crippen molar-refractivity contribution in [3.05, 3.63) is 59.2 Å². The maximum absolute atomic E-state index is 13.3. The summed E-state index contributed by atoms with van der Waals surface area (Å²) in [5.74, 6) is 1.36. The third-order valence-corrected chi connectivity index (χ3v) is 6.66. The van der Waals surface area contributed by atoms with Gasteiger partial charge in [0.15, 0.2) is 11.5 Å². The number of hydrogen-bond donors (Lipinski definition) is 1. The lowest BCUT2D eigenvalue weighted by molar-refractivity contribution is -0.141. The van der Waals surface area contributed by atoms with Crippen LogP contribution >= 0.6 is 0 Å². The second-order valence-corrected chi connectivity index (χ2v) is 9.21. The topological polar surface area (TPSA) is 67.9 Å². The van der Waals surface area contributed by atoms with Gasteiger partial charge in [-0.15, -0.1) is 0 Å². The second kappa shape index (κ2) is 10.7. The van der Waals surface area contributed by atoms with Crippen molar-refractivity contribution in [2.45, 2.75) is 77.4 Å². The van der Waals surface area contributed by atoms with Crippen molar-refractivity contribution in [3.8, 4) is 11.5 Å². The quantitative estimate of drug-likeness (QED) is 0.642. The summed E-state index contributed by atoms with van der Waals surface area (Å²) in [6, 6.07) is 13.6. The Labute approximate surface area is 196 Å². The minimum atomic E-state index is -0.530. The number of carbonyl (C=O) groups is 2. The smallest absolute Gasteiger partial charge is 0.242 e. The Kier molecular flexibility index (Phi) is 7.53. The second-order valence-electron chi connectivity index (χ2n) is 9.21. The Bertz CT molecular complexity index is 967. The Morgan fingerprint density at radius 2 is 1.70 bits per heavy atom. The van der Waals surface area contributed by atoms with Gasteiger partial charge in [-0.1, -0.05) is 55.2 Å². The first-order valence-electron chi connectivity index (χ1n) is 12.0. The van der Waals surface area contributed by atoms with E-state index in [1.165, 1.54) is 12.0 Å². The highest BCUT2D eigenvalue weighted by molar-refractivity contribution is 5.87. The first-order chi connectivity index (χ1) is 16.0. The lowest BCUT2D eigenvalue weighted by atomic mass is 9.95. The van der Waals surface area contributed by atoms with Gasteiger partial charge in [0.2, 0.25) is 18.6 Å². The monoisotopic (exact) mass is 450 g/mol. The van der Waals surface area contributed by atoms with Gasteiger partial charge in [0.25, 0.3) is 0 Å². The highest BCUT2D eigenvalue weighted by Gasteiger charge is 2.28. The summed E-state index contributed by atoms with van der Waals surface area (Å²) < 4.78 is 10.8. The van der Waals surface area contributed by atoms with Crippen LogP contribution in [0.15, 0.2) is 42.5 Å². The normalized spacial score (nSPS) is 16.3. The van der Waals surface area contributed by atoms with Gasteiger partial charge >= 0.3 is 0 Å². The predicted molar refractivity (Wildman–Crippen MR) is 127 cm³/mol. The Hall–Kier alpha value is -3.02. The van der Waals surface area contributed by atoms with Crippen molar-refractivity contribution in [2.75, 3.05) is 6.79 Å². The van der Waals surface area contributed by atoms with Crippen molar-refractivity contribution in [1.82, 2.24) is 10.2 Å². The molecule has 0 bridgehead atoms. The van der Waals surface area contributed by atoms with E-state index in [4.69, 9.17) is 9.47 Å². The molecular formula is C27H34N2O4. The van der Waals surface area contributed by atoms with Crippen LogP contribution in [0.25, 0.3) is 0 Å². The van der Waals surface area contributed by atoms with Gasteiger partial charge in [0.05, 0.1) is 0 Å². The van der Waals surface area contributed by atoms with Crippen molar-refractivity contribution in [3.63, 3.8) is 0 Å². The number of aryl methyl sites for hydroxylation is 2. The molecular weight excluding hydrogens is 416 g/mol. The summed E-state index contributed by atoms with van der Waals surface area (Å²) in [5.41, 5.74) is 3.21. The SMILES string of the molecule is Cc1ccc(CN(C(=O)CCc2ccc3c(c2)OCO3)[C@H](C)C(=O)NC2CCCCC2)cc1. The van der Waals surface area contributed by atoms with Gasteiger partial charge in [-0.2, -0.15) is 0 Å². The zero-order valence-electron chi connectivity index (χ0n) is 19.6. The van der Waals surface area contributed by atoms with Crippen LogP contribution in [0.5, 0.6) is 11.5 Å². The summed E-state index contributed by atoms with van der Waals surface area (Å²) >= 11 is 0. The molecule has 33 heavy (non-hydrogen) atoms. The first-order valence-corrected chi connectivity index (χ1v) is 12.0. The number of nitrogens with one attached hydrogen (secondary N) is 1. The molecule has 1 aliphatic carbocycles. The van der Waals surface area contributed by atoms with Crippen LogP contribution in [0, 0.1) is 6.92 Å². The van der Waals surface area contributed by atoms with Gasteiger partial charge in [-0.05, 0) is 56.4 Å². The molecule has 1 saturated carbocycles. The Morgan fingerprint density at radius 1 is 1.00 bits per heavy atom. The molecule has 6 nitrogen and oxygen atoms in total. The number of amides is 2. The van der Waals surface area contributed by atoms with Crippen LogP contribution in [0.4, 0.5) is 0 Å². The van der Waals surface area contributed by atoms with E-state index < -0.39 is 6.04 Å². The average molecular weight is 451 g/mol. The summed E-state index contributed by atoms with van der Waals surface area (Å²) in [6.45, 7) is 4.53. The molecule has 0 radical (unpaired) electrons. The van der Waals surface area contributed by atoms with E-state index in [0.29, 0.717) is 19.4 Å². The molecule has 2 amide bonds. The summed E-state index contributed by atoms with van der Waals surface area (Å²) in [7, 11) is 0. The lowest BCUT2D eigenvalue weighted by Gasteiger charge is -2.31. The minimum Gasteiger partial charge on any atom is -0.454 e. The molecule has 0 aromatic heterocycles. The molecule has 1 N–H and O–H groups in total. The molecule has 1 heterocycles. The summed E-state index contributed by atoms with van der Waals surface area (Å²) in [4.78, 5) is 28.1. The molecule has 0 saturated heterocycles. The fraction of sp³-hybridized carbons (Fsp3) is 0.481. The molecule has 1 fully saturated rings. The van der Waals surface area contributed by atoms with Gasteiger partial charge in [0, 0.05) is 19.0 Å². The van der Waals surface area contributed by atoms with Crippen LogP contribution < -0.4 is 14.8 Å². The number of fused-ring (bicyclic) bond motifs is 1. The lowest BCUT2D eigenvalue weighted by Crippen LogP contribution is -2.50. The van der Waals surface area contributed by atoms with Crippen molar-refractivity contribution in [2.24, 2.45) is 0 Å². The maximum Gasteiger partial charge on any atom is 0.242 e. The zero-order chi connectivity index (χ0) is 23.2. The van der Waals surface area contributed by atoms with E-state index in [-0.39, 0.29) is 24.6 Å². The maximum atomic E-state index is 13.3. The highest BCUT2D eigenvalue weighted by atomic mass is 16.7. The fourth-order valence-corrected chi connectivity index (χ4v) is 4.53. The number of carbonyl (C=O) groups excluding carboxylic acids is 2. The van der Waals surface area contributed by atoms with E-state index in [0.717, 1.165) is 48.3 Å². The van der Waals surface area contributed by atoms with Gasteiger partial charge in [-0.3, -0.25) is 9.59 Å². The largest absolute Gasteiger partial charge is 0.454 e. The average Bonchev–Trinajstić information content (AvgIpc) is 3.30. The standard InChI is InChI=1S/C27H34N2O4/c1-19-8-10-22(11-9-19)17-29(20(2)27(31)28-23-6-4-3-5-7-23)26(30)15-13-21-12-14-24-25(16-21)33-18-32-24/h8-12,14,16,20,23H,3-7,13,15,17-18H2,1-2H3,(H,28,31)/t20-/m1/s1. The fourth-order valence-electron chi connectivity index (χ4n) is 4.53. The predicted octanol–water partition coefficient (Wildman–Crippen LogP) is 4.52. The number of hydrogen-bond acceptors (Lipinski definition) is 4. The van der Waals surface area contributed by atoms with E-state index in [1.807, 2.05) is 56.3 Å². The molecule has 2 aromatic rings. The van der Waals surface area contributed by atoms with Crippen molar-refractivity contribution < 1.29 is 19.1 Å². The van der Waals surface area contributed by atoms with Crippen LogP contribution in [-0.4, -0.2) is 35.6 Å². The Balaban J connectivity index is 1.44. The van der Waals surface area contributed by atoms with Crippen LogP contribution in [0.2, 0.25) is 0 Å². The number of benzene rings is 2. The third kappa shape index (κ3) is 6.06. The van der Waals surface area contributed by atoms with E-state index in [1.54, 1.807) is 4.90 Å². The van der Waals surface area contributed by atoms with E-state index in [9.17, 15) is 9.59 Å². The molecule has 1 atom stereocenters. The highest BCUT2D eigenvalue weighted by Crippen LogP contribution is 2.32. The summed E-state index contributed by atoms with van der Waals surface area (Å²) in [5, 5.41) is 3.19. The molecule has 4 rings (SSSR count). The molecule has 0 unspecified atom stereocenters. The molecule has 1 aliphatic heterocycles. The molecule has 2 aromatic carbocycles. The van der Waals surface area contributed by atoms with Crippen LogP contribution in [0.3, 0.4) is 0 Å². The van der Waals surface area contributed by atoms with Crippen molar-refractivity contribution in [1.29, 1.82) is 0 Å². The van der Waals surface area contributed by atoms with E-state index in [2.05, 4.69) is 5.32 Å². The number of rotatable bonds is 8. The van der Waals surface area contributed by atoms with Crippen molar-refractivity contribution >= 4 is 11.8 Å². The molecule has 6 heteroatoms. The zero-order valence-corrected chi connectivity index (χ0v) is 19.6. The number of nitrogens with zero attached hydrogens (tertiary/aromatic N) is 1. The van der Waals surface area contributed by atoms with Gasteiger partial charge < -0.3 is 19.7 Å².